The molecule has 1 aromatic rings. The Labute approximate surface area is 144 Å². The molecule has 1 aliphatic carbocycles. The van der Waals surface area contributed by atoms with Gasteiger partial charge in [-0.25, -0.2) is 4.79 Å². The topological polar surface area (TPSA) is 70.6 Å². The lowest BCUT2D eigenvalue weighted by molar-refractivity contribution is 0.0975. The first-order valence-electron chi connectivity index (χ1n) is 8.92. The molecule has 0 spiro atoms. The molecule has 1 saturated carbocycles. The Balaban J connectivity index is 1.61. The van der Waals surface area contributed by atoms with Crippen molar-refractivity contribution in [2.45, 2.75) is 58.2 Å². The minimum atomic E-state index is -0.353. The quantitative estimate of drug-likeness (QED) is 0.649. The third-order valence-electron chi connectivity index (χ3n) is 5.27. The SMILES string of the molecule is CCC(CC)(CO)CNC1CC(NC(=O)OCc2ccccc2)C1. The molecule has 134 valence electrons. The van der Waals surface area contributed by atoms with Gasteiger partial charge in [-0.1, -0.05) is 44.2 Å². The molecule has 0 saturated heterocycles. The van der Waals surface area contributed by atoms with Crippen molar-refractivity contribution in [3.05, 3.63) is 35.9 Å². The van der Waals surface area contributed by atoms with Gasteiger partial charge in [0.05, 0.1) is 0 Å². The summed E-state index contributed by atoms with van der Waals surface area (Å²) < 4.78 is 5.23. The van der Waals surface area contributed by atoms with E-state index in [9.17, 15) is 9.90 Å². The summed E-state index contributed by atoms with van der Waals surface area (Å²) in [5, 5.41) is 16.0. The maximum atomic E-state index is 11.8. The van der Waals surface area contributed by atoms with E-state index < -0.39 is 0 Å². The van der Waals surface area contributed by atoms with Crippen molar-refractivity contribution in [3.8, 4) is 0 Å². The molecule has 5 heteroatoms. The van der Waals surface area contributed by atoms with Crippen molar-refractivity contribution in [3.63, 3.8) is 0 Å². The van der Waals surface area contributed by atoms with E-state index in [4.69, 9.17) is 4.74 Å². The average Bonchev–Trinajstić information content (AvgIpc) is 2.59. The van der Waals surface area contributed by atoms with E-state index in [2.05, 4.69) is 24.5 Å². The number of benzene rings is 1. The summed E-state index contributed by atoms with van der Waals surface area (Å²) in [7, 11) is 0. The first-order valence-corrected chi connectivity index (χ1v) is 8.92. The summed E-state index contributed by atoms with van der Waals surface area (Å²) in [6.07, 6.45) is 3.40. The molecule has 0 heterocycles. The second-order valence-corrected chi connectivity index (χ2v) is 6.82. The van der Waals surface area contributed by atoms with Gasteiger partial charge in [0, 0.05) is 30.7 Å². The lowest BCUT2D eigenvalue weighted by atomic mass is 9.81. The molecule has 0 aliphatic heterocycles. The number of carbonyl (C=O) groups is 1. The maximum absolute atomic E-state index is 11.8. The summed E-state index contributed by atoms with van der Waals surface area (Å²) in [6.45, 7) is 5.58. The lowest BCUT2D eigenvalue weighted by Crippen LogP contribution is -2.54. The molecule has 0 bridgehead atoms. The highest BCUT2D eigenvalue weighted by Crippen LogP contribution is 2.27. The molecular weight excluding hydrogens is 304 g/mol. The van der Waals surface area contributed by atoms with E-state index in [0.29, 0.717) is 12.6 Å². The van der Waals surface area contributed by atoms with Crippen molar-refractivity contribution in [1.82, 2.24) is 10.6 Å². The molecule has 1 fully saturated rings. The second-order valence-electron chi connectivity index (χ2n) is 6.82. The standard InChI is InChI=1S/C19H30N2O3/c1-3-19(4-2,14-22)13-20-16-10-17(11-16)21-18(23)24-12-15-8-6-5-7-9-15/h5-9,16-17,20,22H,3-4,10-14H2,1-2H3,(H,21,23). The predicted octanol–water partition coefficient (Wildman–Crippen LogP) is 2.83. The largest absolute Gasteiger partial charge is 0.445 e. The van der Waals surface area contributed by atoms with Crippen LogP contribution >= 0.6 is 0 Å². The van der Waals surface area contributed by atoms with Gasteiger partial charge in [-0.05, 0) is 31.2 Å². The van der Waals surface area contributed by atoms with Crippen molar-refractivity contribution in [2.24, 2.45) is 5.41 Å². The van der Waals surface area contributed by atoms with Crippen molar-refractivity contribution < 1.29 is 14.6 Å². The van der Waals surface area contributed by atoms with Crippen molar-refractivity contribution in [2.75, 3.05) is 13.2 Å². The Bertz CT molecular complexity index is 488. The summed E-state index contributed by atoms with van der Waals surface area (Å²) in [5.74, 6) is 0. The molecule has 2 rings (SSSR count). The van der Waals surface area contributed by atoms with Crippen LogP contribution < -0.4 is 10.6 Å². The first kappa shape index (κ1) is 18.7. The molecule has 24 heavy (non-hydrogen) atoms. The number of aliphatic hydroxyl groups excluding tert-OH is 1. The van der Waals surface area contributed by atoms with Crippen LogP contribution in [0.2, 0.25) is 0 Å². The highest BCUT2D eigenvalue weighted by Gasteiger charge is 2.33. The molecule has 0 unspecified atom stereocenters. The first-order chi connectivity index (χ1) is 11.6. The Kier molecular flexibility index (Phi) is 7.06. The van der Waals surface area contributed by atoms with Gasteiger partial charge in [0.15, 0.2) is 0 Å². The molecule has 0 aromatic heterocycles. The van der Waals surface area contributed by atoms with E-state index in [1.54, 1.807) is 0 Å². The maximum Gasteiger partial charge on any atom is 0.407 e. The van der Waals surface area contributed by atoms with E-state index >= 15 is 0 Å². The van der Waals surface area contributed by atoms with Crippen LogP contribution in [0.25, 0.3) is 0 Å². The molecule has 1 aromatic carbocycles. The van der Waals surface area contributed by atoms with E-state index in [1.165, 1.54) is 0 Å². The fourth-order valence-electron chi connectivity index (χ4n) is 2.97. The van der Waals surface area contributed by atoms with Gasteiger partial charge < -0.3 is 20.5 Å². The molecule has 0 radical (unpaired) electrons. The van der Waals surface area contributed by atoms with Crippen LogP contribution in [0, 0.1) is 5.41 Å². The molecule has 5 nitrogen and oxygen atoms in total. The van der Waals surface area contributed by atoms with Crippen molar-refractivity contribution in [1.29, 1.82) is 0 Å². The van der Waals surface area contributed by atoms with Gasteiger partial charge in [-0.2, -0.15) is 0 Å². The van der Waals surface area contributed by atoms with Gasteiger partial charge in [0.2, 0.25) is 0 Å². The highest BCUT2D eigenvalue weighted by molar-refractivity contribution is 5.67. The van der Waals surface area contributed by atoms with Gasteiger partial charge in [0.1, 0.15) is 6.61 Å². The minimum absolute atomic E-state index is 0.0207. The fourth-order valence-corrected chi connectivity index (χ4v) is 2.97. The van der Waals surface area contributed by atoms with E-state index in [0.717, 1.165) is 37.8 Å². The summed E-state index contributed by atoms with van der Waals surface area (Å²) in [5.41, 5.74) is 0.966. The molecule has 1 aliphatic rings. The van der Waals surface area contributed by atoms with Gasteiger partial charge in [-0.3, -0.25) is 0 Å². The van der Waals surface area contributed by atoms with Crippen LogP contribution in [-0.2, 0) is 11.3 Å². The van der Waals surface area contributed by atoms with Crippen LogP contribution in [0.4, 0.5) is 4.79 Å². The molecule has 3 N–H and O–H groups in total. The van der Waals surface area contributed by atoms with Crippen molar-refractivity contribution >= 4 is 6.09 Å². The number of carbonyl (C=O) groups excluding carboxylic acids is 1. The highest BCUT2D eigenvalue weighted by atomic mass is 16.5. The zero-order valence-electron chi connectivity index (χ0n) is 14.8. The lowest BCUT2D eigenvalue weighted by Gasteiger charge is -2.39. The molecule has 1 amide bonds. The van der Waals surface area contributed by atoms with Crippen LogP contribution in [-0.4, -0.2) is 36.4 Å². The third kappa shape index (κ3) is 5.21. The summed E-state index contributed by atoms with van der Waals surface area (Å²) in [4.78, 5) is 11.8. The fraction of sp³-hybridized carbons (Fsp3) is 0.632. The Morgan fingerprint density at radius 3 is 2.46 bits per heavy atom. The van der Waals surface area contributed by atoms with Gasteiger partial charge in [0.25, 0.3) is 0 Å². The number of amides is 1. The average molecular weight is 334 g/mol. The zero-order valence-corrected chi connectivity index (χ0v) is 14.8. The summed E-state index contributed by atoms with van der Waals surface area (Å²) in [6, 6.07) is 10.3. The number of hydrogen-bond donors (Lipinski definition) is 3. The number of hydrogen-bond acceptors (Lipinski definition) is 4. The van der Waals surface area contributed by atoms with E-state index in [-0.39, 0.29) is 24.2 Å². The number of alkyl carbamates (subject to hydrolysis) is 1. The number of aliphatic hydroxyl groups is 1. The molecule has 0 atom stereocenters. The minimum Gasteiger partial charge on any atom is -0.445 e. The molecular formula is C19H30N2O3. The van der Waals surface area contributed by atoms with E-state index in [1.807, 2.05) is 30.3 Å². The normalized spacial score (nSPS) is 20.3. The Morgan fingerprint density at radius 1 is 1.21 bits per heavy atom. The van der Waals surface area contributed by atoms with Crippen LogP contribution in [0.5, 0.6) is 0 Å². The zero-order chi connectivity index (χ0) is 17.4. The second kappa shape index (κ2) is 9.04. The number of nitrogens with one attached hydrogen (secondary N) is 2. The Hall–Kier alpha value is -1.59. The number of rotatable bonds is 9. The monoisotopic (exact) mass is 334 g/mol. The summed E-state index contributed by atoms with van der Waals surface area (Å²) >= 11 is 0. The van der Waals surface area contributed by atoms with Crippen LogP contribution in [0.1, 0.15) is 45.1 Å². The van der Waals surface area contributed by atoms with Crippen LogP contribution in [0.3, 0.4) is 0 Å². The number of ether oxygens (including phenoxy) is 1. The van der Waals surface area contributed by atoms with Gasteiger partial charge in [-0.15, -0.1) is 0 Å². The third-order valence-corrected chi connectivity index (χ3v) is 5.27. The predicted molar refractivity (Wildman–Crippen MR) is 94.7 cm³/mol. The smallest absolute Gasteiger partial charge is 0.407 e. The van der Waals surface area contributed by atoms with Gasteiger partial charge >= 0.3 is 6.09 Å². The Morgan fingerprint density at radius 2 is 1.88 bits per heavy atom. The van der Waals surface area contributed by atoms with Crippen LogP contribution in [0.15, 0.2) is 30.3 Å².